The summed E-state index contributed by atoms with van der Waals surface area (Å²) in [6, 6.07) is 17.3. The number of benzene rings is 2. The first-order chi connectivity index (χ1) is 15.6. The van der Waals surface area contributed by atoms with Gasteiger partial charge in [-0.25, -0.2) is 9.37 Å². The first-order valence-electron chi connectivity index (χ1n) is 10.8. The van der Waals surface area contributed by atoms with Crippen molar-refractivity contribution in [3.8, 4) is 0 Å². The van der Waals surface area contributed by atoms with E-state index in [1.54, 1.807) is 42.6 Å². The number of carbonyl (C=O) groups excluding carboxylic acids is 1. The molecular formula is C25H29FN4O2. The third kappa shape index (κ3) is 7.76. The molecule has 3 aromatic rings. The highest BCUT2D eigenvalue weighted by Crippen LogP contribution is 2.15. The topological polar surface area (TPSA) is 89.3 Å². The molecule has 0 saturated carbocycles. The van der Waals surface area contributed by atoms with Gasteiger partial charge in [0.15, 0.2) is 0 Å². The molecule has 7 heteroatoms. The van der Waals surface area contributed by atoms with Crippen molar-refractivity contribution in [1.82, 2.24) is 10.3 Å². The zero-order valence-electron chi connectivity index (χ0n) is 18.0. The maximum atomic E-state index is 12.9. The number of amides is 1. The van der Waals surface area contributed by atoms with Gasteiger partial charge in [-0.15, -0.1) is 0 Å². The Morgan fingerprint density at radius 1 is 0.969 bits per heavy atom. The van der Waals surface area contributed by atoms with Crippen molar-refractivity contribution in [1.29, 1.82) is 0 Å². The van der Waals surface area contributed by atoms with Crippen LogP contribution in [-0.4, -0.2) is 24.0 Å². The number of hydrogen-bond acceptors (Lipinski definition) is 5. The van der Waals surface area contributed by atoms with Crippen LogP contribution in [0, 0.1) is 5.82 Å². The SMILES string of the molecule is Nc1ncccc1NC(=O)c1ccc(CNCCCCCOCc2ccc(F)cc2)cc1. The van der Waals surface area contributed by atoms with Crippen LogP contribution in [0.25, 0.3) is 0 Å². The molecule has 0 saturated heterocycles. The second kappa shape index (κ2) is 12.5. The van der Waals surface area contributed by atoms with Gasteiger partial charge in [-0.1, -0.05) is 24.3 Å². The molecule has 1 heterocycles. The Kier molecular flexibility index (Phi) is 9.16. The smallest absolute Gasteiger partial charge is 0.255 e. The first kappa shape index (κ1) is 23.4. The number of rotatable bonds is 12. The van der Waals surface area contributed by atoms with Crippen molar-refractivity contribution in [3.05, 3.63) is 89.4 Å². The highest BCUT2D eigenvalue weighted by molar-refractivity contribution is 6.05. The van der Waals surface area contributed by atoms with E-state index in [4.69, 9.17) is 10.5 Å². The molecule has 1 amide bonds. The molecule has 0 aliphatic rings. The van der Waals surface area contributed by atoms with E-state index in [0.717, 1.165) is 43.5 Å². The van der Waals surface area contributed by atoms with Gasteiger partial charge in [-0.3, -0.25) is 4.79 Å². The number of nitrogen functional groups attached to an aromatic ring is 1. The second-order valence-corrected chi connectivity index (χ2v) is 7.50. The van der Waals surface area contributed by atoms with Crippen molar-refractivity contribution < 1.29 is 13.9 Å². The van der Waals surface area contributed by atoms with Crippen LogP contribution in [0.4, 0.5) is 15.9 Å². The minimum atomic E-state index is -0.228. The molecule has 0 spiro atoms. The minimum absolute atomic E-state index is 0.217. The fraction of sp³-hybridized carbons (Fsp3) is 0.280. The normalized spacial score (nSPS) is 10.8. The Morgan fingerprint density at radius 2 is 1.72 bits per heavy atom. The van der Waals surface area contributed by atoms with E-state index >= 15 is 0 Å². The van der Waals surface area contributed by atoms with Crippen molar-refractivity contribution in [3.63, 3.8) is 0 Å². The fourth-order valence-electron chi connectivity index (χ4n) is 3.13. The van der Waals surface area contributed by atoms with Crippen LogP contribution < -0.4 is 16.4 Å². The lowest BCUT2D eigenvalue weighted by Gasteiger charge is -2.09. The number of anilines is 2. The molecule has 1 aromatic heterocycles. The standard InChI is InChI=1S/C25H29FN4O2/c26-22-12-8-20(9-13-22)18-32-16-3-1-2-14-28-17-19-6-10-21(11-7-19)25(31)30-23-5-4-15-29-24(23)27/h4-13,15,28H,1-3,14,16-18H2,(H2,27,29)(H,30,31). The van der Waals surface area contributed by atoms with Crippen molar-refractivity contribution in [2.75, 3.05) is 24.2 Å². The molecule has 4 N–H and O–H groups in total. The number of nitrogens with zero attached hydrogens (tertiary/aromatic N) is 1. The second-order valence-electron chi connectivity index (χ2n) is 7.50. The lowest BCUT2D eigenvalue weighted by molar-refractivity contribution is 0.102. The van der Waals surface area contributed by atoms with Gasteiger partial charge in [0.05, 0.1) is 12.3 Å². The van der Waals surface area contributed by atoms with Crippen LogP contribution in [0.5, 0.6) is 0 Å². The number of nitrogens with one attached hydrogen (secondary N) is 2. The van der Waals surface area contributed by atoms with E-state index in [2.05, 4.69) is 15.6 Å². The van der Waals surface area contributed by atoms with Crippen LogP contribution in [0.2, 0.25) is 0 Å². The highest BCUT2D eigenvalue weighted by atomic mass is 19.1. The zero-order valence-corrected chi connectivity index (χ0v) is 18.0. The maximum absolute atomic E-state index is 12.9. The highest BCUT2D eigenvalue weighted by Gasteiger charge is 2.08. The van der Waals surface area contributed by atoms with Crippen LogP contribution >= 0.6 is 0 Å². The number of carbonyl (C=O) groups is 1. The summed E-state index contributed by atoms with van der Waals surface area (Å²) in [7, 11) is 0. The number of hydrogen-bond donors (Lipinski definition) is 3. The summed E-state index contributed by atoms with van der Waals surface area (Å²) in [6.07, 6.45) is 4.71. The molecule has 3 rings (SSSR count). The summed E-state index contributed by atoms with van der Waals surface area (Å²) in [4.78, 5) is 16.3. The number of aromatic nitrogens is 1. The van der Waals surface area contributed by atoms with E-state index in [1.807, 2.05) is 12.1 Å². The Morgan fingerprint density at radius 3 is 2.47 bits per heavy atom. The molecule has 0 atom stereocenters. The van der Waals surface area contributed by atoms with Crippen LogP contribution in [-0.2, 0) is 17.9 Å². The van der Waals surface area contributed by atoms with E-state index in [0.29, 0.717) is 30.3 Å². The van der Waals surface area contributed by atoms with Gasteiger partial charge in [-0.2, -0.15) is 0 Å². The molecule has 0 bridgehead atoms. The third-order valence-electron chi connectivity index (χ3n) is 4.96. The molecule has 0 fully saturated rings. The predicted octanol–water partition coefficient (Wildman–Crippen LogP) is 4.53. The molecule has 168 valence electrons. The van der Waals surface area contributed by atoms with E-state index in [1.165, 1.54) is 12.1 Å². The summed E-state index contributed by atoms with van der Waals surface area (Å²) >= 11 is 0. The van der Waals surface area contributed by atoms with Crippen molar-refractivity contribution in [2.45, 2.75) is 32.4 Å². The minimum Gasteiger partial charge on any atom is -0.382 e. The molecule has 6 nitrogen and oxygen atoms in total. The number of halogens is 1. The van der Waals surface area contributed by atoms with Gasteiger partial charge >= 0.3 is 0 Å². The van der Waals surface area contributed by atoms with Gasteiger partial charge in [0, 0.05) is 24.9 Å². The number of unbranched alkanes of at least 4 members (excludes halogenated alkanes) is 2. The van der Waals surface area contributed by atoms with E-state index in [-0.39, 0.29) is 11.7 Å². The molecule has 0 aliphatic carbocycles. The average Bonchev–Trinajstić information content (AvgIpc) is 2.81. The summed E-state index contributed by atoms with van der Waals surface area (Å²) in [6.45, 7) is 2.88. The van der Waals surface area contributed by atoms with Gasteiger partial charge in [0.2, 0.25) is 0 Å². The van der Waals surface area contributed by atoms with Gasteiger partial charge < -0.3 is 21.1 Å². The van der Waals surface area contributed by atoms with Gasteiger partial charge in [0.1, 0.15) is 11.6 Å². The third-order valence-corrected chi connectivity index (χ3v) is 4.96. The monoisotopic (exact) mass is 436 g/mol. The molecule has 0 radical (unpaired) electrons. The lowest BCUT2D eigenvalue weighted by atomic mass is 10.1. The van der Waals surface area contributed by atoms with Crippen LogP contribution in [0.3, 0.4) is 0 Å². The quantitative estimate of drug-likeness (QED) is 0.363. The van der Waals surface area contributed by atoms with Crippen LogP contribution in [0.1, 0.15) is 40.7 Å². The Bertz CT molecular complexity index is 978. The zero-order chi connectivity index (χ0) is 22.6. The average molecular weight is 437 g/mol. The summed E-state index contributed by atoms with van der Waals surface area (Å²) < 4.78 is 18.5. The molecule has 0 unspecified atom stereocenters. The van der Waals surface area contributed by atoms with Crippen LogP contribution in [0.15, 0.2) is 66.9 Å². The van der Waals surface area contributed by atoms with Crippen molar-refractivity contribution >= 4 is 17.4 Å². The maximum Gasteiger partial charge on any atom is 0.255 e. The Balaban J connectivity index is 1.26. The van der Waals surface area contributed by atoms with Crippen molar-refractivity contribution in [2.24, 2.45) is 0 Å². The molecular weight excluding hydrogens is 407 g/mol. The fourth-order valence-corrected chi connectivity index (χ4v) is 3.13. The Labute approximate surface area is 188 Å². The Hall–Kier alpha value is -3.29. The first-order valence-corrected chi connectivity index (χ1v) is 10.8. The van der Waals surface area contributed by atoms with E-state index in [9.17, 15) is 9.18 Å². The molecule has 0 aliphatic heterocycles. The summed E-state index contributed by atoms with van der Waals surface area (Å²) in [5, 5.41) is 6.19. The molecule has 32 heavy (non-hydrogen) atoms. The van der Waals surface area contributed by atoms with E-state index < -0.39 is 0 Å². The summed E-state index contributed by atoms with van der Waals surface area (Å²) in [5.41, 5.74) is 8.93. The van der Waals surface area contributed by atoms with Gasteiger partial charge in [0.25, 0.3) is 5.91 Å². The summed E-state index contributed by atoms with van der Waals surface area (Å²) in [5.74, 6) is -0.152. The number of pyridine rings is 1. The molecule has 2 aromatic carbocycles. The predicted molar refractivity (Wildman–Crippen MR) is 125 cm³/mol. The lowest BCUT2D eigenvalue weighted by Crippen LogP contribution is -2.16. The number of ether oxygens (including phenoxy) is 1. The number of nitrogens with two attached hydrogens (primary N) is 1. The van der Waals surface area contributed by atoms with Gasteiger partial charge in [-0.05, 0) is 73.3 Å². The largest absolute Gasteiger partial charge is 0.382 e.